The lowest BCUT2D eigenvalue weighted by Gasteiger charge is -2.36. The van der Waals surface area contributed by atoms with Crippen molar-refractivity contribution in [2.24, 2.45) is 4.99 Å². The Morgan fingerprint density at radius 2 is 2.39 bits per heavy atom. The first kappa shape index (κ1) is 13.5. The highest BCUT2D eigenvalue weighted by Gasteiger charge is 2.35. The fraction of sp³-hybridized carbons (Fsp3) is 0.818. The number of rotatable bonds is 1. The van der Waals surface area contributed by atoms with Gasteiger partial charge in [-0.05, 0) is 32.7 Å². The third-order valence-electron chi connectivity index (χ3n) is 2.55. The first-order valence-corrected chi connectivity index (χ1v) is 6.95. The number of hydrogen-bond donors (Lipinski definition) is 1. The second-order valence-corrected chi connectivity index (χ2v) is 5.93. The van der Waals surface area contributed by atoms with Crippen molar-refractivity contribution in [1.29, 1.82) is 0 Å². The molecule has 102 valence electrons. The van der Waals surface area contributed by atoms with Crippen LogP contribution in [0, 0.1) is 0 Å². The molecule has 0 saturated carbocycles. The fourth-order valence-electron chi connectivity index (χ4n) is 1.78. The van der Waals surface area contributed by atoms with Crippen LogP contribution in [-0.4, -0.2) is 54.1 Å². The molecular weight excluding hydrogens is 254 g/mol. The molecule has 2 aliphatic rings. The molecule has 1 fully saturated rings. The molecule has 2 heterocycles. The smallest absolute Gasteiger partial charge is 0.411 e. The van der Waals surface area contributed by atoms with Gasteiger partial charge in [-0.3, -0.25) is 9.89 Å². The van der Waals surface area contributed by atoms with E-state index in [1.807, 2.05) is 20.8 Å². The lowest BCUT2D eigenvalue weighted by atomic mass is 10.2. The van der Waals surface area contributed by atoms with Crippen molar-refractivity contribution >= 4 is 23.9 Å². The maximum atomic E-state index is 12.1. The highest BCUT2D eigenvalue weighted by Crippen LogP contribution is 2.17. The maximum Gasteiger partial charge on any atom is 0.411 e. The van der Waals surface area contributed by atoms with Crippen molar-refractivity contribution in [3.05, 3.63) is 0 Å². The van der Waals surface area contributed by atoms with Crippen LogP contribution in [-0.2, 0) is 9.47 Å². The van der Waals surface area contributed by atoms with Crippen LogP contribution in [0.2, 0.25) is 0 Å². The summed E-state index contributed by atoms with van der Waals surface area (Å²) in [5.41, 5.74) is -0.487. The molecule has 1 atom stereocenters. The molecule has 2 aliphatic heterocycles. The van der Waals surface area contributed by atoms with Gasteiger partial charge in [0, 0.05) is 6.54 Å². The lowest BCUT2D eigenvalue weighted by molar-refractivity contribution is -0.0182. The summed E-state index contributed by atoms with van der Waals surface area (Å²) in [6.45, 7) is 7.12. The Balaban J connectivity index is 2.05. The zero-order valence-electron chi connectivity index (χ0n) is 10.9. The maximum absolute atomic E-state index is 12.1. The number of amidine groups is 1. The normalized spacial score (nSPS) is 24.5. The molecule has 0 aromatic carbocycles. The number of nitrogens with zero attached hydrogens (tertiary/aromatic N) is 2. The van der Waals surface area contributed by atoms with Gasteiger partial charge < -0.3 is 14.2 Å². The van der Waals surface area contributed by atoms with Gasteiger partial charge in [-0.1, -0.05) is 0 Å². The van der Waals surface area contributed by atoms with E-state index in [0.29, 0.717) is 25.6 Å². The van der Waals surface area contributed by atoms with Crippen molar-refractivity contribution < 1.29 is 14.3 Å². The van der Waals surface area contributed by atoms with Gasteiger partial charge in [0.25, 0.3) is 0 Å². The number of nitrogens with one attached hydrogen (secondary N) is 1. The number of amides is 1. The highest BCUT2D eigenvalue weighted by atomic mass is 32.2. The highest BCUT2D eigenvalue weighted by molar-refractivity contribution is 7.98. The standard InChI is InChI=1S/C11H19N3O3S/c1-11(2,3)17-10(15)14-4-5-16-6-8(14)9-12-7-18-13-9/h8H,4-7H2,1-3H3,(H,12,13)/t8-/m0/s1. The molecule has 0 aliphatic carbocycles. The molecule has 0 aromatic heterocycles. The van der Waals surface area contributed by atoms with Gasteiger partial charge in [0.05, 0.1) is 13.2 Å². The first-order chi connectivity index (χ1) is 8.47. The molecule has 6 nitrogen and oxygen atoms in total. The first-order valence-electron chi connectivity index (χ1n) is 5.97. The molecule has 1 amide bonds. The lowest BCUT2D eigenvalue weighted by Crippen LogP contribution is -2.55. The predicted octanol–water partition coefficient (Wildman–Crippen LogP) is 1.23. The van der Waals surface area contributed by atoms with E-state index in [1.165, 1.54) is 11.9 Å². The fourth-order valence-corrected chi connectivity index (χ4v) is 2.40. The van der Waals surface area contributed by atoms with Crippen LogP contribution in [0.1, 0.15) is 20.8 Å². The van der Waals surface area contributed by atoms with E-state index in [0.717, 1.165) is 5.84 Å². The van der Waals surface area contributed by atoms with Gasteiger partial charge in [-0.15, -0.1) is 0 Å². The number of carbonyl (C=O) groups is 1. The Morgan fingerprint density at radius 1 is 1.61 bits per heavy atom. The van der Waals surface area contributed by atoms with E-state index in [4.69, 9.17) is 9.47 Å². The minimum absolute atomic E-state index is 0.163. The van der Waals surface area contributed by atoms with E-state index in [-0.39, 0.29) is 12.1 Å². The zero-order valence-corrected chi connectivity index (χ0v) is 11.7. The van der Waals surface area contributed by atoms with Crippen LogP contribution < -0.4 is 4.72 Å². The number of hydrogen-bond acceptors (Lipinski definition) is 6. The number of carbonyl (C=O) groups excluding carboxylic acids is 1. The zero-order chi connectivity index (χ0) is 13.2. The minimum Gasteiger partial charge on any atom is -0.444 e. The summed E-state index contributed by atoms with van der Waals surface area (Å²) >= 11 is 1.51. The number of ether oxygens (including phenoxy) is 2. The molecule has 7 heteroatoms. The Bertz CT molecular complexity index is 354. The molecular formula is C11H19N3O3S. The summed E-state index contributed by atoms with van der Waals surface area (Å²) in [6.07, 6.45) is -0.308. The molecule has 2 rings (SSSR count). The van der Waals surface area contributed by atoms with Gasteiger partial charge in [-0.2, -0.15) is 0 Å². The van der Waals surface area contributed by atoms with Crippen molar-refractivity contribution in [1.82, 2.24) is 9.62 Å². The van der Waals surface area contributed by atoms with Crippen molar-refractivity contribution in [3.8, 4) is 0 Å². The average Bonchev–Trinajstić information content (AvgIpc) is 2.80. The summed E-state index contributed by atoms with van der Waals surface area (Å²) in [6, 6.07) is -0.163. The molecule has 0 spiro atoms. The quantitative estimate of drug-likeness (QED) is 0.728. The van der Waals surface area contributed by atoms with Crippen molar-refractivity contribution in [2.75, 3.05) is 25.6 Å². The van der Waals surface area contributed by atoms with Gasteiger partial charge in [0.15, 0.2) is 0 Å². The predicted molar refractivity (Wildman–Crippen MR) is 70.6 cm³/mol. The van der Waals surface area contributed by atoms with Crippen LogP contribution in [0.5, 0.6) is 0 Å². The van der Waals surface area contributed by atoms with Crippen molar-refractivity contribution in [3.63, 3.8) is 0 Å². The monoisotopic (exact) mass is 273 g/mol. The number of aliphatic imine (C=N–C) groups is 1. The van der Waals surface area contributed by atoms with Crippen LogP contribution >= 0.6 is 11.9 Å². The largest absolute Gasteiger partial charge is 0.444 e. The van der Waals surface area contributed by atoms with Gasteiger partial charge in [0.2, 0.25) is 0 Å². The van der Waals surface area contributed by atoms with Crippen LogP contribution in [0.4, 0.5) is 4.79 Å². The second kappa shape index (κ2) is 5.36. The summed E-state index contributed by atoms with van der Waals surface area (Å²) < 4.78 is 13.9. The van der Waals surface area contributed by atoms with Gasteiger partial charge >= 0.3 is 6.09 Å². The molecule has 0 aromatic rings. The Kier molecular flexibility index (Phi) is 4.01. The Hall–Kier alpha value is -0.950. The third kappa shape index (κ3) is 3.29. The van der Waals surface area contributed by atoms with Crippen LogP contribution in [0.25, 0.3) is 0 Å². The molecule has 0 unspecified atom stereocenters. The van der Waals surface area contributed by atoms with E-state index >= 15 is 0 Å². The molecule has 1 N–H and O–H groups in total. The summed E-state index contributed by atoms with van der Waals surface area (Å²) in [5.74, 6) is 1.47. The van der Waals surface area contributed by atoms with Crippen molar-refractivity contribution in [2.45, 2.75) is 32.4 Å². The minimum atomic E-state index is -0.487. The van der Waals surface area contributed by atoms with E-state index in [1.54, 1.807) is 4.90 Å². The molecule has 18 heavy (non-hydrogen) atoms. The van der Waals surface area contributed by atoms with Crippen LogP contribution in [0.3, 0.4) is 0 Å². The average molecular weight is 273 g/mol. The summed E-state index contributed by atoms with van der Waals surface area (Å²) in [4.78, 5) is 18.2. The molecule has 1 saturated heterocycles. The summed E-state index contributed by atoms with van der Waals surface area (Å²) in [5, 5.41) is 0. The van der Waals surface area contributed by atoms with Gasteiger partial charge in [-0.25, -0.2) is 4.79 Å². The molecule has 0 bridgehead atoms. The van der Waals surface area contributed by atoms with Crippen LogP contribution in [0.15, 0.2) is 4.99 Å². The molecule has 0 radical (unpaired) electrons. The Morgan fingerprint density at radius 3 is 3.00 bits per heavy atom. The Labute approximate surface area is 111 Å². The SMILES string of the molecule is CC(C)(C)OC(=O)N1CCOC[C@H]1C1=NCSN1. The number of morpholine rings is 1. The van der Waals surface area contributed by atoms with E-state index in [2.05, 4.69) is 9.71 Å². The van der Waals surface area contributed by atoms with Gasteiger partial charge in [0.1, 0.15) is 23.4 Å². The summed E-state index contributed by atoms with van der Waals surface area (Å²) in [7, 11) is 0. The topological polar surface area (TPSA) is 63.2 Å². The van der Waals surface area contributed by atoms with E-state index < -0.39 is 5.60 Å². The second-order valence-electron chi connectivity index (χ2n) is 5.18. The van der Waals surface area contributed by atoms with E-state index in [9.17, 15) is 4.79 Å². The third-order valence-corrected chi connectivity index (χ3v) is 3.16.